The van der Waals surface area contributed by atoms with Gasteiger partial charge < -0.3 is 5.73 Å². The predicted molar refractivity (Wildman–Crippen MR) is 87.5 cm³/mol. The smallest absolute Gasteiger partial charge is 0.256 e. The summed E-state index contributed by atoms with van der Waals surface area (Å²) >= 11 is 0. The Bertz CT molecular complexity index is 584. The van der Waals surface area contributed by atoms with Crippen LogP contribution in [0.4, 0.5) is 5.69 Å². The molecule has 1 amide bonds. The first-order valence-corrected chi connectivity index (χ1v) is 7.46. The third kappa shape index (κ3) is 3.00. The van der Waals surface area contributed by atoms with Crippen LogP contribution in [0.1, 0.15) is 38.3 Å². The predicted octanol–water partition coefficient (Wildman–Crippen LogP) is 3.02. The van der Waals surface area contributed by atoms with Crippen LogP contribution in [0.5, 0.6) is 0 Å². The molecule has 1 aromatic rings. The number of hydrogen-bond acceptors (Lipinski definition) is 3. The average Bonchev–Trinajstić information content (AvgIpc) is 2.71. The van der Waals surface area contributed by atoms with Crippen molar-refractivity contribution in [2.75, 3.05) is 11.6 Å². The van der Waals surface area contributed by atoms with Crippen LogP contribution in [0.2, 0.25) is 0 Å². The Morgan fingerprint density at radius 3 is 2.52 bits per heavy atom. The number of amides is 1. The third-order valence-electron chi connectivity index (χ3n) is 3.86. The fourth-order valence-electron chi connectivity index (χ4n) is 2.71. The van der Waals surface area contributed by atoms with Crippen LogP contribution < -0.4 is 10.7 Å². The van der Waals surface area contributed by atoms with E-state index in [1.807, 2.05) is 32.0 Å². The lowest BCUT2D eigenvalue weighted by atomic mass is 9.81. The van der Waals surface area contributed by atoms with Crippen molar-refractivity contribution in [3.05, 3.63) is 29.3 Å². The Morgan fingerprint density at radius 1 is 1.29 bits per heavy atom. The maximum atomic E-state index is 12.8. The molecule has 0 fully saturated rings. The molecule has 114 valence electrons. The molecule has 1 atom stereocenters. The minimum atomic E-state index is -0.199. The van der Waals surface area contributed by atoms with Gasteiger partial charge in [0.05, 0.1) is 17.3 Å². The Labute approximate surface area is 127 Å². The molecule has 2 N–H and O–H groups in total. The van der Waals surface area contributed by atoms with Crippen LogP contribution in [0.25, 0.3) is 0 Å². The van der Waals surface area contributed by atoms with Crippen LogP contribution in [-0.4, -0.2) is 18.2 Å². The second-order valence-corrected chi connectivity index (χ2v) is 6.81. The van der Waals surface area contributed by atoms with Crippen LogP contribution in [0, 0.1) is 25.2 Å². The zero-order valence-electron chi connectivity index (χ0n) is 13.6. The Balaban J connectivity index is 2.48. The summed E-state index contributed by atoms with van der Waals surface area (Å²) in [6, 6.07) is 6.09. The maximum Gasteiger partial charge on any atom is 0.256 e. The largest absolute Gasteiger partial charge is 0.330 e. The molecular formula is C17H25N3O. The van der Waals surface area contributed by atoms with E-state index in [2.05, 4.69) is 25.9 Å². The molecule has 0 saturated carbocycles. The number of carbonyl (C=O) groups is 1. The second kappa shape index (κ2) is 5.60. The van der Waals surface area contributed by atoms with Crippen molar-refractivity contribution >= 4 is 17.3 Å². The molecule has 0 aromatic heterocycles. The van der Waals surface area contributed by atoms with Crippen LogP contribution in [0.15, 0.2) is 23.3 Å². The van der Waals surface area contributed by atoms with Crippen molar-refractivity contribution < 1.29 is 4.79 Å². The summed E-state index contributed by atoms with van der Waals surface area (Å²) in [4.78, 5) is 12.8. The third-order valence-corrected chi connectivity index (χ3v) is 3.86. The van der Waals surface area contributed by atoms with Gasteiger partial charge in [0.25, 0.3) is 5.91 Å². The fourth-order valence-corrected chi connectivity index (χ4v) is 2.71. The van der Waals surface area contributed by atoms with Crippen molar-refractivity contribution in [1.29, 1.82) is 0 Å². The molecule has 1 heterocycles. The molecule has 1 aliphatic heterocycles. The Morgan fingerprint density at radius 2 is 1.95 bits per heavy atom. The highest BCUT2D eigenvalue weighted by molar-refractivity contribution is 6.17. The second-order valence-electron chi connectivity index (χ2n) is 6.81. The zero-order chi connectivity index (χ0) is 15.8. The lowest BCUT2D eigenvalue weighted by Gasteiger charge is -2.21. The van der Waals surface area contributed by atoms with Gasteiger partial charge >= 0.3 is 0 Å². The molecule has 0 spiro atoms. The average molecular weight is 287 g/mol. The summed E-state index contributed by atoms with van der Waals surface area (Å²) in [5, 5.41) is 6.23. The number of carbonyl (C=O) groups excluding carboxylic acids is 1. The van der Waals surface area contributed by atoms with Crippen molar-refractivity contribution in [2.24, 2.45) is 22.2 Å². The molecular weight excluding hydrogens is 262 g/mol. The summed E-state index contributed by atoms with van der Waals surface area (Å²) in [5.41, 5.74) is 9.54. The molecule has 0 bridgehead atoms. The van der Waals surface area contributed by atoms with E-state index in [4.69, 9.17) is 5.73 Å². The van der Waals surface area contributed by atoms with E-state index in [9.17, 15) is 4.79 Å². The van der Waals surface area contributed by atoms with Crippen molar-refractivity contribution in [2.45, 2.75) is 41.0 Å². The molecule has 1 aromatic carbocycles. The first-order valence-electron chi connectivity index (χ1n) is 7.46. The van der Waals surface area contributed by atoms with Crippen LogP contribution in [-0.2, 0) is 4.79 Å². The van der Waals surface area contributed by atoms with Gasteiger partial charge in [0.2, 0.25) is 0 Å². The van der Waals surface area contributed by atoms with Gasteiger partial charge in [0.1, 0.15) is 0 Å². The number of benzene rings is 1. The van der Waals surface area contributed by atoms with Crippen molar-refractivity contribution in [3.63, 3.8) is 0 Å². The highest BCUT2D eigenvalue weighted by Gasteiger charge is 2.41. The number of nitrogens with two attached hydrogens (primary N) is 1. The first kappa shape index (κ1) is 15.7. The van der Waals surface area contributed by atoms with Gasteiger partial charge in [-0.1, -0.05) is 32.9 Å². The van der Waals surface area contributed by atoms with Gasteiger partial charge in [-0.3, -0.25) is 4.79 Å². The quantitative estimate of drug-likeness (QED) is 0.929. The van der Waals surface area contributed by atoms with Crippen LogP contribution in [0.3, 0.4) is 0 Å². The van der Waals surface area contributed by atoms with E-state index >= 15 is 0 Å². The molecule has 0 radical (unpaired) electrons. The van der Waals surface area contributed by atoms with Gasteiger partial charge in [-0.25, -0.2) is 0 Å². The zero-order valence-corrected chi connectivity index (χ0v) is 13.6. The number of hydrogen-bond donors (Lipinski definition) is 1. The number of nitrogens with zero attached hydrogens (tertiary/aromatic N) is 2. The standard InChI is InChI=1S/C17H25N3O/c1-11-6-7-12(2)14(10-11)20-16(21)13(8-9-18)15(19-20)17(3,4)5/h6-7,10,13H,8-9,18H2,1-5H3. The number of rotatable bonds is 3. The molecule has 2 rings (SSSR count). The summed E-state index contributed by atoms with van der Waals surface area (Å²) in [7, 11) is 0. The Kier molecular flexibility index (Phi) is 4.19. The fraction of sp³-hybridized carbons (Fsp3) is 0.529. The van der Waals surface area contributed by atoms with Gasteiger partial charge in [-0.05, 0) is 44.0 Å². The summed E-state index contributed by atoms with van der Waals surface area (Å²) < 4.78 is 0. The minimum Gasteiger partial charge on any atom is -0.330 e. The molecule has 21 heavy (non-hydrogen) atoms. The van der Waals surface area contributed by atoms with Crippen LogP contribution >= 0.6 is 0 Å². The normalized spacial score (nSPS) is 19.1. The van der Waals surface area contributed by atoms with Gasteiger partial charge in [-0.2, -0.15) is 10.1 Å². The van der Waals surface area contributed by atoms with E-state index in [0.717, 1.165) is 22.5 Å². The maximum absolute atomic E-state index is 12.8. The van der Waals surface area contributed by atoms with Crippen molar-refractivity contribution in [1.82, 2.24) is 0 Å². The minimum absolute atomic E-state index is 0.0408. The van der Waals surface area contributed by atoms with E-state index in [0.29, 0.717) is 13.0 Å². The van der Waals surface area contributed by atoms with Gasteiger partial charge in [0, 0.05) is 5.41 Å². The van der Waals surface area contributed by atoms with Gasteiger partial charge in [0.15, 0.2) is 0 Å². The highest BCUT2D eigenvalue weighted by Crippen LogP contribution is 2.34. The van der Waals surface area contributed by atoms with E-state index < -0.39 is 0 Å². The lowest BCUT2D eigenvalue weighted by molar-refractivity contribution is -0.119. The first-order chi connectivity index (χ1) is 9.75. The molecule has 1 aliphatic rings. The summed E-state index contributed by atoms with van der Waals surface area (Å²) in [5.74, 6) is -0.158. The number of aryl methyl sites for hydroxylation is 2. The molecule has 4 nitrogen and oxygen atoms in total. The SMILES string of the molecule is Cc1ccc(C)c(N2N=C(C(C)(C)C)C(CCN)C2=O)c1. The van der Waals surface area contributed by atoms with E-state index in [1.165, 1.54) is 0 Å². The lowest BCUT2D eigenvalue weighted by Crippen LogP contribution is -2.33. The van der Waals surface area contributed by atoms with E-state index in [-0.39, 0.29) is 17.2 Å². The number of anilines is 1. The molecule has 0 saturated heterocycles. The topological polar surface area (TPSA) is 58.7 Å². The molecule has 0 aliphatic carbocycles. The Hall–Kier alpha value is -1.68. The molecule has 1 unspecified atom stereocenters. The summed E-state index contributed by atoms with van der Waals surface area (Å²) in [6.45, 7) is 10.8. The molecule has 4 heteroatoms. The van der Waals surface area contributed by atoms with Gasteiger partial charge in [-0.15, -0.1) is 0 Å². The van der Waals surface area contributed by atoms with E-state index in [1.54, 1.807) is 5.01 Å². The monoisotopic (exact) mass is 287 g/mol. The van der Waals surface area contributed by atoms with Crippen molar-refractivity contribution in [3.8, 4) is 0 Å². The summed E-state index contributed by atoms with van der Waals surface area (Å²) in [6.07, 6.45) is 0.649. The highest BCUT2D eigenvalue weighted by atomic mass is 16.2. The number of hydrazone groups is 1.